The van der Waals surface area contributed by atoms with Crippen molar-refractivity contribution in [3.05, 3.63) is 55.2 Å². The van der Waals surface area contributed by atoms with Gasteiger partial charge in [0, 0.05) is 19.9 Å². The van der Waals surface area contributed by atoms with E-state index >= 15 is 0 Å². The van der Waals surface area contributed by atoms with Crippen LogP contribution in [0.4, 0.5) is 11.5 Å². The molecule has 0 saturated heterocycles. The number of hydrogen-bond donors (Lipinski definition) is 2. The van der Waals surface area contributed by atoms with Gasteiger partial charge in [-0.1, -0.05) is 18.2 Å². The Hall–Kier alpha value is -3.79. The number of carbonyl (C=O) groups excluding carboxylic acids is 1. The summed E-state index contributed by atoms with van der Waals surface area (Å²) < 4.78 is 8.22. The molecular formula is C19H20N8O2. The summed E-state index contributed by atoms with van der Waals surface area (Å²) in [6.07, 6.45) is 6.58. The number of amides is 1. The van der Waals surface area contributed by atoms with Gasteiger partial charge in [-0.3, -0.25) is 9.48 Å². The van der Waals surface area contributed by atoms with E-state index in [1.54, 1.807) is 35.1 Å². The molecule has 0 aliphatic carbocycles. The Kier molecular flexibility index (Phi) is 5.43. The Morgan fingerprint density at radius 2 is 2.00 bits per heavy atom. The lowest BCUT2D eigenvalue weighted by atomic mass is 10.3. The number of anilines is 2. The molecule has 0 aliphatic heterocycles. The number of rotatable bonds is 8. The van der Waals surface area contributed by atoms with Crippen molar-refractivity contribution in [2.24, 2.45) is 0 Å². The molecule has 0 fully saturated rings. The number of nitrogens with one attached hydrogen (secondary N) is 2. The smallest absolute Gasteiger partial charge is 0.241 e. The van der Waals surface area contributed by atoms with Crippen molar-refractivity contribution in [3.63, 3.8) is 0 Å². The third-order valence-electron chi connectivity index (χ3n) is 4.20. The molecular weight excluding hydrogens is 372 g/mol. The van der Waals surface area contributed by atoms with E-state index in [-0.39, 0.29) is 12.5 Å². The summed E-state index contributed by atoms with van der Waals surface area (Å²) in [7, 11) is 1.59. The number of nitrogens with zero attached hydrogens (tertiary/aromatic N) is 6. The molecule has 3 heterocycles. The van der Waals surface area contributed by atoms with Crippen LogP contribution in [0, 0.1) is 0 Å². The fourth-order valence-corrected chi connectivity index (χ4v) is 2.85. The maximum absolute atomic E-state index is 11.9. The molecule has 4 rings (SSSR count). The first-order valence-electron chi connectivity index (χ1n) is 9.04. The molecule has 0 aliphatic rings. The molecule has 29 heavy (non-hydrogen) atoms. The van der Waals surface area contributed by atoms with Crippen LogP contribution in [0.3, 0.4) is 0 Å². The highest BCUT2D eigenvalue weighted by Gasteiger charge is 2.12. The van der Waals surface area contributed by atoms with Gasteiger partial charge in [-0.2, -0.15) is 10.2 Å². The van der Waals surface area contributed by atoms with Gasteiger partial charge in [0.2, 0.25) is 5.91 Å². The minimum atomic E-state index is -0.134. The Bertz CT molecular complexity index is 1110. The molecule has 1 aromatic carbocycles. The lowest BCUT2D eigenvalue weighted by molar-refractivity contribution is -0.122. The number of para-hydroxylation sites is 1. The first-order valence-corrected chi connectivity index (χ1v) is 9.04. The van der Waals surface area contributed by atoms with E-state index in [1.807, 2.05) is 30.3 Å². The van der Waals surface area contributed by atoms with Gasteiger partial charge in [0.05, 0.1) is 35.8 Å². The second-order valence-corrected chi connectivity index (χ2v) is 6.25. The van der Waals surface area contributed by atoms with Gasteiger partial charge in [0.25, 0.3) is 0 Å². The van der Waals surface area contributed by atoms with E-state index in [0.29, 0.717) is 30.3 Å². The molecule has 0 saturated carbocycles. The second-order valence-electron chi connectivity index (χ2n) is 6.25. The zero-order valence-corrected chi connectivity index (χ0v) is 15.8. The summed E-state index contributed by atoms with van der Waals surface area (Å²) in [5.41, 5.74) is 2.32. The quantitative estimate of drug-likeness (QED) is 0.437. The lowest BCUT2D eigenvalue weighted by Gasteiger charge is -2.05. The summed E-state index contributed by atoms with van der Waals surface area (Å²) in [6.45, 7) is 1.06. The predicted octanol–water partition coefficient (Wildman–Crippen LogP) is 1.52. The van der Waals surface area contributed by atoms with Gasteiger partial charge in [0.15, 0.2) is 5.65 Å². The van der Waals surface area contributed by atoms with Crippen LogP contribution in [-0.4, -0.2) is 55.7 Å². The Balaban J connectivity index is 1.50. The summed E-state index contributed by atoms with van der Waals surface area (Å²) in [5, 5.41) is 15.4. The predicted molar refractivity (Wildman–Crippen MR) is 107 cm³/mol. The molecule has 0 spiro atoms. The second kappa shape index (κ2) is 8.48. The number of hydrogen-bond acceptors (Lipinski definition) is 7. The molecule has 10 heteroatoms. The van der Waals surface area contributed by atoms with Gasteiger partial charge in [0.1, 0.15) is 18.7 Å². The van der Waals surface area contributed by atoms with Crippen molar-refractivity contribution >= 4 is 28.4 Å². The summed E-state index contributed by atoms with van der Waals surface area (Å²) in [6, 6.07) is 9.77. The van der Waals surface area contributed by atoms with Crippen molar-refractivity contribution in [2.45, 2.75) is 6.54 Å². The molecule has 0 bridgehead atoms. The average Bonchev–Trinajstić information content (AvgIpc) is 3.36. The first-order chi connectivity index (χ1) is 14.2. The number of carbonyl (C=O) groups is 1. The molecule has 148 valence electrons. The van der Waals surface area contributed by atoms with Crippen LogP contribution in [0.5, 0.6) is 0 Å². The number of methoxy groups -OCH3 is 1. The molecule has 10 nitrogen and oxygen atoms in total. The normalized spacial score (nSPS) is 10.9. The SMILES string of the molecule is COCCNC(=O)Cn1cc(Nc2ncnc3c2cnn3-c2ccccc2)cn1. The maximum Gasteiger partial charge on any atom is 0.241 e. The Morgan fingerprint density at radius 3 is 2.83 bits per heavy atom. The van der Waals surface area contributed by atoms with Crippen molar-refractivity contribution in [1.29, 1.82) is 0 Å². The highest BCUT2D eigenvalue weighted by atomic mass is 16.5. The molecule has 0 radical (unpaired) electrons. The van der Waals surface area contributed by atoms with Crippen LogP contribution in [0.2, 0.25) is 0 Å². The van der Waals surface area contributed by atoms with Crippen molar-refractivity contribution in [2.75, 3.05) is 25.6 Å². The Morgan fingerprint density at radius 1 is 1.14 bits per heavy atom. The Labute approximate surface area is 166 Å². The summed E-state index contributed by atoms with van der Waals surface area (Å²) in [4.78, 5) is 20.6. The van der Waals surface area contributed by atoms with E-state index in [4.69, 9.17) is 4.74 Å². The standard InChI is InChI=1S/C19H20N8O2/c1-29-8-7-20-17(28)12-26-11-14(9-23-26)25-18-16-10-24-27(19(16)22-13-21-18)15-5-3-2-4-6-15/h2-6,9-11,13H,7-8,12H2,1H3,(H,20,28)(H,21,22,25). The minimum Gasteiger partial charge on any atom is -0.383 e. The fraction of sp³-hybridized carbons (Fsp3) is 0.211. The number of aromatic nitrogens is 6. The van der Waals surface area contributed by atoms with Crippen molar-refractivity contribution < 1.29 is 9.53 Å². The van der Waals surface area contributed by atoms with Crippen LogP contribution < -0.4 is 10.6 Å². The third-order valence-corrected chi connectivity index (χ3v) is 4.20. The zero-order chi connectivity index (χ0) is 20.1. The molecule has 1 amide bonds. The zero-order valence-electron chi connectivity index (χ0n) is 15.8. The van der Waals surface area contributed by atoms with Crippen molar-refractivity contribution in [1.82, 2.24) is 34.8 Å². The van der Waals surface area contributed by atoms with Gasteiger partial charge in [-0.25, -0.2) is 14.6 Å². The maximum atomic E-state index is 11.9. The van der Waals surface area contributed by atoms with Crippen LogP contribution >= 0.6 is 0 Å². The largest absolute Gasteiger partial charge is 0.383 e. The third kappa shape index (κ3) is 4.22. The number of benzene rings is 1. The van der Waals surface area contributed by atoms with E-state index in [9.17, 15) is 4.79 Å². The number of ether oxygens (including phenoxy) is 1. The topological polar surface area (TPSA) is 112 Å². The fourth-order valence-electron chi connectivity index (χ4n) is 2.85. The molecule has 0 atom stereocenters. The van der Waals surface area contributed by atoms with E-state index in [2.05, 4.69) is 30.8 Å². The van der Waals surface area contributed by atoms with E-state index < -0.39 is 0 Å². The molecule has 3 aromatic heterocycles. The number of fused-ring (bicyclic) bond motifs is 1. The van der Waals surface area contributed by atoms with Crippen LogP contribution in [0.15, 0.2) is 55.2 Å². The highest BCUT2D eigenvalue weighted by molar-refractivity contribution is 5.89. The van der Waals surface area contributed by atoms with Crippen molar-refractivity contribution in [3.8, 4) is 5.69 Å². The molecule has 2 N–H and O–H groups in total. The minimum absolute atomic E-state index is 0.122. The van der Waals surface area contributed by atoms with Gasteiger partial charge in [-0.05, 0) is 12.1 Å². The monoisotopic (exact) mass is 392 g/mol. The van der Waals surface area contributed by atoms with Crippen LogP contribution in [-0.2, 0) is 16.1 Å². The average molecular weight is 392 g/mol. The van der Waals surface area contributed by atoms with E-state index in [1.165, 1.54) is 6.33 Å². The van der Waals surface area contributed by atoms with Crippen LogP contribution in [0.25, 0.3) is 16.7 Å². The van der Waals surface area contributed by atoms with E-state index in [0.717, 1.165) is 11.1 Å². The van der Waals surface area contributed by atoms with Gasteiger partial charge in [-0.15, -0.1) is 0 Å². The first kappa shape index (κ1) is 18.6. The highest BCUT2D eigenvalue weighted by Crippen LogP contribution is 2.24. The molecule has 0 unspecified atom stereocenters. The lowest BCUT2D eigenvalue weighted by Crippen LogP contribution is -2.30. The van der Waals surface area contributed by atoms with Crippen LogP contribution in [0.1, 0.15) is 0 Å². The summed E-state index contributed by atoms with van der Waals surface area (Å²) >= 11 is 0. The van der Waals surface area contributed by atoms with Gasteiger partial charge < -0.3 is 15.4 Å². The van der Waals surface area contributed by atoms with Gasteiger partial charge >= 0.3 is 0 Å². The summed E-state index contributed by atoms with van der Waals surface area (Å²) in [5.74, 6) is 0.478. The molecule has 4 aromatic rings.